The highest BCUT2D eigenvalue weighted by Crippen LogP contribution is 2.61. The molecule has 8 rings (SSSR count). The van der Waals surface area contributed by atoms with E-state index >= 15 is 0 Å². The van der Waals surface area contributed by atoms with E-state index < -0.39 is 24.4 Å². The van der Waals surface area contributed by atoms with E-state index in [1.165, 1.54) is 11.0 Å². The van der Waals surface area contributed by atoms with Gasteiger partial charge in [0.25, 0.3) is 0 Å². The third kappa shape index (κ3) is 3.78. The number of amides is 2. The third-order valence-corrected chi connectivity index (χ3v) is 8.82. The molecule has 0 unspecified atom stereocenters. The molecule has 2 amide bonds. The number of carbonyl (C=O) groups excluding carboxylic acids is 4. The summed E-state index contributed by atoms with van der Waals surface area (Å²) in [6, 6.07) is 28.1. The standard InChI is InChI=1S/C35H27NO5/c1-19-14-15-20(2)27(16-19)28(37)18-41-35(40)21-8-7-9-22(17-21)36-33(38)31-29-23-10-3-4-11-24(23)30(32(31)34(36)39)26-13-6-5-12-25(26)29/h3-17,29-32H,18H2,1-2H3/t29?,30?,31-,32-/m1/s1. The van der Waals surface area contributed by atoms with Crippen LogP contribution in [0.3, 0.4) is 0 Å². The summed E-state index contributed by atoms with van der Waals surface area (Å²) in [5.74, 6) is -2.93. The van der Waals surface area contributed by atoms with Crippen molar-refractivity contribution < 1.29 is 23.9 Å². The van der Waals surface area contributed by atoms with Crippen LogP contribution in [-0.2, 0) is 14.3 Å². The zero-order valence-electron chi connectivity index (χ0n) is 22.7. The molecular weight excluding hydrogens is 514 g/mol. The van der Waals surface area contributed by atoms with Gasteiger partial charge in [-0.3, -0.25) is 14.4 Å². The summed E-state index contributed by atoms with van der Waals surface area (Å²) >= 11 is 0. The van der Waals surface area contributed by atoms with E-state index in [2.05, 4.69) is 24.3 Å². The van der Waals surface area contributed by atoms with Crippen LogP contribution in [0.1, 0.15) is 65.9 Å². The molecule has 0 N–H and O–H groups in total. The minimum absolute atomic E-state index is 0.168. The molecule has 0 radical (unpaired) electrons. The quantitative estimate of drug-likeness (QED) is 0.183. The Morgan fingerprint density at radius 2 is 1.27 bits per heavy atom. The lowest BCUT2D eigenvalue weighted by Gasteiger charge is -2.45. The molecule has 3 aliphatic carbocycles. The summed E-state index contributed by atoms with van der Waals surface area (Å²) < 4.78 is 5.36. The highest BCUT2D eigenvalue weighted by Gasteiger charge is 2.61. The van der Waals surface area contributed by atoms with Crippen LogP contribution in [0.5, 0.6) is 0 Å². The SMILES string of the molecule is Cc1ccc(C)c(C(=O)COC(=O)c2cccc(N3C(=O)[C@@H]4C5c6ccccc6C(c6ccccc65)[C@H]4C3=O)c2)c1. The number of benzene rings is 4. The molecule has 1 heterocycles. The molecular formula is C35H27NO5. The summed E-state index contributed by atoms with van der Waals surface area (Å²) in [4.78, 5) is 55.0. The van der Waals surface area contributed by atoms with Gasteiger partial charge in [-0.15, -0.1) is 0 Å². The number of hydrogen-bond acceptors (Lipinski definition) is 5. The first-order chi connectivity index (χ1) is 19.8. The van der Waals surface area contributed by atoms with Gasteiger partial charge in [-0.2, -0.15) is 0 Å². The predicted octanol–water partition coefficient (Wildman–Crippen LogP) is 5.74. The molecule has 4 aromatic carbocycles. The maximum atomic E-state index is 14.0. The number of hydrogen-bond donors (Lipinski definition) is 0. The van der Waals surface area contributed by atoms with Crippen LogP contribution < -0.4 is 4.90 Å². The predicted molar refractivity (Wildman–Crippen MR) is 153 cm³/mol. The second-order valence-electron chi connectivity index (χ2n) is 11.1. The molecule has 0 saturated carbocycles. The summed E-state index contributed by atoms with van der Waals surface area (Å²) in [7, 11) is 0. The number of Topliss-reactive ketones (excluding diaryl/α,β-unsaturated/α-hetero) is 1. The Morgan fingerprint density at radius 3 is 1.83 bits per heavy atom. The van der Waals surface area contributed by atoms with Gasteiger partial charge in [0.1, 0.15) is 0 Å². The van der Waals surface area contributed by atoms with Crippen LogP contribution in [0, 0.1) is 25.7 Å². The second kappa shape index (κ2) is 9.37. The Morgan fingerprint density at radius 1 is 0.707 bits per heavy atom. The van der Waals surface area contributed by atoms with Gasteiger partial charge in [-0.25, -0.2) is 9.69 Å². The number of ether oxygens (including phenoxy) is 1. The molecule has 1 aliphatic heterocycles. The molecule has 6 nitrogen and oxygen atoms in total. The monoisotopic (exact) mass is 541 g/mol. The van der Waals surface area contributed by atoms with Crippen molar-refractivity contribution in [2.75, 3.05) is 11.5 Å². The van der Waals surface area contributed by atoms with Gasteiger partial charge in [0.15, 0.2) is 6.61 Å². The highest BCUT2D eigenvalue weighted by atomic mass is 16.5. The normalized spacial score (nSPS) is 21.8. The average molecular weight is 542 g/mol. The fourth-order valence-electron chi connectivity index (χ4n) is 7.03. The number of nitrogens with zero attached hydrogens (tertiary/aromatic N) is 1. The van der Waals surface area contributed by atoms with Crippen LogP contribution in [0.2, 0.25) is 0 Å². The average Bonchev–Trinajstić information content (AvgIpc) is 3.27. The largest absolute Gasteiger partial charge is 0.454 e. The number of aryl methyl sites for hydroxylation is 2. The van der Waals surface area contributed by atoms with Crippen LogP contribution in [0.4, 0.5) is 5.69 Å². The topological polar surface area (TPSA) is 80.8 Å². The molecule has 2 bridgehead atoms. The lowest BCUT2D eigenvalue weighted by atomic mass is 9.55. The zero-order valence-corrected chi connectivity index (χ0v) is 22.7. The number of esters is 1. The minimum Gasteiger partial charge on any atom is -0.454 e. The van der Waals surface area contributed by atoms with Gasteiger partial charge < -0.3 is 4.74 Å². The lowest BCUT2D eigenvalue weighted by Crippen LogP contribution is -2.41. The first-order valence-electron chi connectivity index (χ1n) is 13.8. The maximum Gasteiger partial charge on any atom is 0.338 e. The van der Waals surface area contributed by atoms with Crippen molar-refractivity contribution in [3.8, 4) is 0 Å². The van der Waals surface area contributed by atoms with Crippen molar-refractivity contribution >= 4 is 29.3 Å². The van der Waals surface area contributed by atoms with Gasteiger partial charge in [-0.05, 0) is 65.9 Å². The number of imide groups is 1. The molecule has 2 atom stereocenters. The fraction of sp³-hybridized carbons (Fsp3) is 0.200. The van der Waals surface area contributed by atoms with Crippen molar-refractivity contribution in [3.05, 3.63) is 136 Å². The first kappa shape index (κ1) is 25.1. The minimum atomic E-state index is -0.693. The number of anilines is 1. The summed E-state index contributed by atoms with van der Waals surface area (Å²) in [6.45, 7) is 3.33. The van der Waals surface area contributed by atoms with E-state index in [-0.39, 0.29) is 35.0 Å². The molecule has 0 spiro atoms. The van der Waals surface area contributed by atoms with Gasteiger partial charge >= 0.3 is 5.97 Å². The van der Waals surface area contributed by atoms with E-state index in [0.29, 0.717) is 11.3 Å². The Labute approximate surface area is 237 Å². The van der Waals surface area contributed by atoms with Crippen LogP contribution in [0.25, 0.3) is 0 Å². The summed E-state index contributed by atoms with van der Waals surface area (Å²) in [5, 5.41) is 0. The molecule has 0 aromatic heterocycles. The van der Waals surface area contributed by atoms with E-state index in [4.69, 9.17) is 4.74 Å². The van der Waals surface area contributed by atoms with Crippen LogP contribution in [0.15, 0.2) is 91.0 Å². The summed E-state index contributed by atoms with van der Waals surface area (Å²) in [6.07, 6.45) is 0. The molecule has 202 valence electrons. The zero-order chi connectivity index (χ0) is 28.4. The third-order valence-electron chi connectivity index (χ3n) is 8.82. The molecule has 4 aliphatic rings. The van der Waals surface area contributed by atoms with Gasteiger partial charge in [0.05, 0.1) is 23.1 Å². The van der Waals surface area contributed by atoms with E-state index in [0.717, 1.165) is 33.4 Å². The molecule has 4 aromatic rings. The Balaban J connectivity index is 1.17. The number of ketones is 1. The summed E-state index contributed by atoms with van der Waals surface area (Å²) in [5.41, 5.74) is 7.18. The molecule has 6 heteroatoms. The van der Waals surface area contributed by atoms with E-state index in [9.17, 15) is 19.2 Å². The molecule has 1 fully saturated rings. The van der Waals surface area contributed by atoms with E-state index in [1.54, 1.807) is 24.3 Å². The highest BCUT2D eigenvalue weighted by molar-refractivity contribution is 6.23. The molecule has 41 heavy (non-hydrogen) atoms. The van der Waals surface area contributed by atoms with Crippen LogP contribution in [-0.4, -0.2) is 30.2 Å². The van der Waals surface area contributed by atoms with Gasteiger partial charge in [0, 0.05) is 17.4 Å². The van der Waals surface area contributed by atoms with Crippen molar-refractivity contribution in [2.45, 2.75) is 25.7 Å². The van der Waals surface area contributed by atoms with Gasteiger partial charge in [-0.1, -0.05) is 72.3 Å². The van der Waals surface area contributed by atoms with Crippen molar-refractivity contribution in [1.29, 1.82) is 0 Å². The van der Waals surface area contributed by atoms with Crippen molar-refractivity contribution in [1.82, 2.24) is 0 Å². The Hall–Kier alpha value is -4.84. The van der Waals surface area contributed by atoms with Crippen molar-refractivity contribution in [3.63, 3.8) is 0 Å². The molecule has 1 saturated heterocycles. The number of rotatable bonds is 5. The van der Waals surface area contributed by atoms with Crippen molar-refractivity contribution in [2.24, 2.45) is 11.8 Å². The second-order valence-corrected chi connectivity index (χ2v) is 11.1. The Bertz CT molecular complexity index is 1670. The lowest BCUT2D eigenvalue weighted by molar-refractivity contribution is -0.122. The van der Waals surface area contributed by atoms with E-state index in [1.807, 2.05) is 50.2 Å². The number of carbonyl (C=O) groups is 4. The maximum absolute atomic E-state index is 14.0. The Kier molecular flexibility index (Phi) is 5.75. The fourth-order valence-corrected chi connectivity index (χ4v) is 7.03. The van der Waals surface area contributed by atoms with Crippen LogP contribution >= 0.6 is 0 Å². The van der Waals surface area contributed by atoms with Gasteiger partial charge in [0.2, 0.25) is 17.6 Å². The smallest absolute Gasteiger partial charge is 0.338 e. The first-order valence-corrected chi connectivity index (χ1v) is 13.8.